The number of hydrogen-bond donors (Lipinski definition) is 2. The van der Waals surface area contributed by atoms with Gasteiger partial charge >= 0.3 is 0 Å². The fourth-order valence-corrected chi connectivity index (χ4v) is 1.67. The Bertz CT molecular complexity index is 413. The van der Waals surface area contributed by atoms with E-state index in [4.69, 9.17) is 0 Å². The van der Waals surface area contributed by atoms with Crippen molar-refractivity contribution < 1.29 is 9.90 Å². The highest BCUT2D eigenvalue weighted by atomic mass is 16.3. The summed E-state index contributed by atoms with van der Waals surface area (Å²) in [5, 5.41) is 12.3. The van der Waals surface area contributed by atoms with Crippen LogP contribution in [0, 0.1) is 0 Å². The van der Waals surface area contributed by atoms with Gasteiger partial charge in [-0.3, -0.25) is 4.79 Å². The number of likely N-dealkylation sites (N-methyl/N-ethyl adjacent to an activating group) is 1. The third-order valence-electron chi connectivity index (χ3n) is 2.97. The molecule has 0 spiro atoms. The van der Waals surface area contributed by atoms with Crippen LogP contribution in [0.4, 0.5) is 5.82 Å². The first-order valence-corrected chi connectivity index (χ1v) is 6.21. The van der Waals surface area contributed by atoms with Crippen molar-refractivity contribution in [2.45, 2.75) is 31.9 Å². The molecule has 1 aromatic rings. The summed E-state index contributed by atoms with van der Waals surface area (Å²) in [5.74, 6) is 0.756. The number of aliphatic hydroxyl groups excluding tert-OH is 1. The molecule has 1 heterocycles. The van der Waals surface area contributed by atoms with Gasteiger partial charge < -0.3 is 15.3 Å². The summed E-state index contributed by atoms with van der Waals surface area (Å²) < 4.78 is 0. The zero-order chi connectivity index (χ0) is 13.1. The van der Waals surface area contributed by atoms with E-state index in [1.54, 1.807) is 18.0 Å². The van der Waals surface area contributed by atoms with Gasteiger partial charge in [0.1, 0.15) is 5.82 Å². The fourth-order valence-electron chi connectivity index (χ4n) is 1.67. The second-order valence-electron chi connectivity index (χ2n) is 4.82. The number of anilines is 1. The van der Waals surface area contributed by atoms with Gasteiger partial charge in [0.2, 0.25) is 5.91 Å². The smallest absolute Gasteiger partial charge is 0.239 e. The summed E-state index contributed by atoms with van der Waals surface area (Å²) in [7, 11) is 1.83. The molecule has 0 radical (unpaired) electrons. The first kappa shape index (κ1) is 12.8. The van der Waals surface area contributed by atoms with E-state index in [1.165, 1.54) is 0 Å². The van der Waals surface area contributed by atoms with Gasteiger partial charge in [-0.05, 0) is 31.4 Å². The number of nitrogens with zero attached hydrogens (tertiary/aromatic N) is 2. The number of amides is 1. The summed E-state index contributed by atoms with van der Waals surface area (Å²) in [6.45, 7) is 2.00. The zero-order valence-corrected chi connectivity index (χ0v) is 10.8. The summed E-state index contributed by atoms with van der Waals surface area (Å²) >= 11 is 0. The second-order valence-corrected chi connectivity index (χ2v) is 4.82. The SMILES string of the molecule is C[C@H](O)c1ccc(N(C)CC(=O)NC2CC2)nc1. The van der Waals surface area contributed by atoms with Crippen LogP contribution in [0.25, 0.3) is 0 Å². The van der Waals surface area contributed by atoms with Crippen molar-refractivity contribution in [3.63, 3.8) is 0 Å². The standard InChI is InChI=1S/C13H19N3O2/c1-9(17)10-3-6-12(14-7-10)16(2)8-13(18)15-11-4-5-11/h3,6-7,9,11,17H,4-5,8H2,1-2H3,(H,15,18)/t9-/m0/s1. The minimum absolute atomic E-state index is 0.0291. The number of carbonyl (C=O) groups is 1. The van der Waals surface area contributed by atoms with Gasteiger partial charge in [0.25, 0.3) is 0 Å². The Kier molecular flexibility index (Phi) is 3.81. The molecule has 1 aromatic heterocycles. The van der Waals surface area contributed by atoms with E-state index in [1.807, 2.05) is 19.2 Å². The van der Waals surface area contributed by atoms with Crippen LogP contribution in [0.2, 0.25) is 0 Å². The van der Waals surface area contributed by atoms with Gasteiger partial charge in [-0.1, -0.05) is 6.07 Å². The van der Waals surface area contributed by atoms with E-state index in [9.17, 15) is 9.90 Å². The Hall–Kier alpha value is -1.62. The Morgan fingerprint density at radius 2 is 2.33 bits per heavy atom. The molecule has 1 fully saturated rings. The van der Waals surface area contributed by atoms with Crippen LogP contribution < -0.4 is 10.2 Å². The second kappa shape index (κ2) is 5.35. The number of nitrogens with one attached hydrogen (secondary N) is 1. The number of carbonyl (C=O) groups excluding carboxylic acids is 1. The quantitative estimate of drug-likeness (QED) is 0.812. The van der Waals surface area contributed by atoms with Crippen LogP contribution in [-0.4, -0.2) is 35.6 Å². The largest absolute Gasteiger partial charge is 0.389 e. The van der Waals surface area contributed by atoms with Gasteiger partial charge in [0.15, 0.2) is 0 Å². The first-order valence-electron chi connectivity index (χ1n) is 6.21. The molecule has 0 aliphatic heterocycles. The van der Waals surface area contributed by atoms with Crippen molar-refractivity contribution in [2.24, 2.45) is 0 Å². The number of aromatic nitrogens is 1. The summed E-state index contributed by atoms with van der Waals surface area (Å²) in [5.41, 5.74) is 0.773. The van der Waals surface area contributed by atoms with Crippen LogP contribution >= 0.6 is 0 Å². The Morgan fingerprint density at radius 3 is 2.83 bits per heavy atom. The van der Waals surface area contributed by atoms with Gasteiger partial charge in [-0.25, -0.2) is 4.98 Å². The molecule has 2 rings (SSSR count). The van der Waals surface area contributed by atoms with E-state index in [-0.39, 0.29) is 5.91 Å². The van der Waals surface area contributed by atoms with E-state index in [2.05, 4.69) is 10.3 Å². The van der Waals surface area contributed by atoms with Crippen LogP contribution in [0.1, 0.15) is 31.4 Å². The average Bonchev–Trinajstić information content (AvgIpc) is 3.12. The van der Waals surface area contributed by atoms with Crippen LogP contribution in [0.15, 0.2) is 18.3 Å². The van der Waals surface area contributed by atoms with Gasteiger partial charge in [0.05, 0.1) is 12.6 Å². The maximum absolute atomic E-state index is 11.6. The van der Waals surface area contributed by atoms with Crippen molar-refractivity contribution in [1.29, 1.82) is 0 Å². The van der Waals surface area contributed by atoms with E-state index < -0.39 is 6.10 Å². The Labute approximate surface area is 107 Å². The molecule has 5 nitrogen and oxygen atoms in total. The van der Waals surface area contributed by atoms with Crippen molar-refractivity contribution in [1.82, 2.24) is 10.3 Å². The third-order valence-corrected chi connectivity index (χ3v) is 2.97. The lowest BCUT2D eigenvalue weighted by atomic mass is 10.2. The number of aliphatic hydroxyl groups is 1. The maximum Gasteiger partial charge on any atom is 0.239 e. The summed E-state index contributed by atoms with van der Waals surface area (Å²) in [6.07, 6.45) is 3.30. The molecule has 0 aromatic carbocycles. The maximum atomic E-state index is 11.6. The first-order chi connectivity index (χ1) is 8.56. The van der Waals surface area contributed by atoms with Gasteiger partial charge in [-0.2, -0.15) is 0 Å². The van der Waals surface area contributed by atoms with Crippen molar-refractivity contribution >= 4 is 11.7 Å². The van der Waals surface area contributed by atoms with Crippen molar-refractivity contribution in [3.05, 3.63) is 23.9 Å². The molecule has 98 valence electrons. The fraction of sp³-hybridized carbons (Fsp3) is 0.538. The minimum Gasteiger partial charge on any atom is -0.389 e. The number of hydrogen-bond acceptors (Lipinski definition) is 4. The molecule has 0 unspecified atom stereocenters. The normalized spacial score (nSPS) is 16.2. The number of rotatable bonds is 5. The molecular weight excluding hydrogens is 230 g/mol. The topological polar surface area (TPSA) is 65.5 Å². The Morgan fingerprint density at radius 1 is 1.61 bits per heavy atom. The molecule has 5 heteroatoms. The molecule has 1 amide bonds. The molecule has 1 aliphatic rings. The minimum atomic E-state index is -0.518. The van der Waals surface area contributed by atoms with E-state index >= 15 is 0 Å². The molecule has 0 bridgehead atoms. The number of pyridine rings is 1. The monoisotopic (exact) mass is 249 g/mol. The zero-order valence-electron chi connectivity index (χ0n) is 10.8. The van der Waals surface area contributed by atoms with Crippen molar-refractivity contribution in [3.8, 4) is 0 Å². The van der Waals surface area contributed by atoms with E-state index in [0.717, 1.165) is 24.2 Å². The van der Waals surface area contributed by atoms with Gasteiger partial charge in [0, 0.05) is 19.3 Å². The van der Waals surface area contributed by atoms with Crippen LogP contribution in [-0.2, 0) is 4.79 Å². The van der Waals surface area contributed by atoms with Crippen molar-refractivity contribution in [2.75, 3.05) is 18.5 Å². The third kappa shape index (κ3) is 3.43. The molecule has 1 atom stereocenters. The van der Waals surface area contributed by atoms with Crippen LogP contribution in [0.5, 0.6) is 0 Å². The lowest BCUT2D eigenvalue weighted by Crippen LogP contribution is -2.36. The van der Waals surface area contributed by atoms with E-state index in [0.29, 0.717) is 12.6 Å². The molecule has 1 aliphatic carbocycles. The lowest BCUT2D eigenvalue weighted by molar-refractivity contribution is -0.119. The molecule has 2 N–H and O–H groups in total. The molecule has 1 saturated carbocycles. The molecular formula is C13H19N3O2. The predicted octanol–water partition coefficient (Wildman–Crippen LogP) is 0.850. The summed E-state index contributed by atoms with van der Waals surface area (Å²) in [4.78, 5) is 17.7. The lowest BCUT2D eigenvalue weighted by Gasteiger charge is -2.18. The highest BCUT2D eigenvalue weighted by Crippen LogP contribution is 2.19. The molecule has 18 heavy (non-hydrogen) atoms. The highest BCUT2D eigenvalue weighted by molar-refractivity contribution is 5.81. The highest BCUT2D eigenvalue weighted by Gasteiger charge is 2.23. The van der Waals surface area contributed by atoms with Crippen LogP contribution in [0.3, 0.4) is 0 Å². The Balaban J connectivity index is 1.90. The average molecular weight is 249 g/mol. The summed E-state index contributed by atoms with van der Waals surface area (Å²) in [6, 6.07) is 4.02. The predicted molar refractivity (Wildman–Crippen MR) is 69.3 cm³/mol. The van der Waals surface area contributed by atoms with Gasteiger partial charge in [-0.15, -0.1) is 0 Å². The molecule has 0 saturated heterocycles.